The van der Waals surface area contributed by atoms with Crippen LogP contribution in [0.25, 0.3) is 0 Å². The van der Waals surface area contributed by atoms with E-state index in [1.165, 1.54) is 36.8 Å². The predicted molar refractivity (Wildman–Crippen MR) is 121 cm³/mol. The Hall–Kier alpha value is -1.80. The van der Waals surface area contributed by atoms with E-state index >= 15 is 0 Å². The number of nitrogens with one attached hydrogen (secondary N) is 1. The molecular formula is C26H39NO. The maximum Gasteiger partial charge on any atom is 0.122 e. The Morgan fingerprint density at radius 3 is 2.25 bits per heavy atom. The molecule has 2 nitrogen and oxygen atoms in total. The second-order valence-corrected chi connectivity index (χ2v) is 9.11. The van der Waals surface area contributed by atoms with Crippen LogP contribution in [0.5, 0.6) is 5.75 Å². The van der Waals surface area contributed by atoms with Gasteiger partial charge in [0.05, 0.1) is 0 Å². The Labute approximate surface area is 172 Å². The lowest BCUT2D eigenvalue weighted by Gasteiger charge is -2.25. The summed E-state index contributed by atoms with van der Waals surface area (Å²) in [5.74, 6) is 1.15. The first-order valence-electron chi connectivity index (χ1n) is 10.9. The van der Waals surface area contributed by atoms with Crippen LogP contribution in [-0.2, 0) is 24.9 Å². The summed E-state index contributed by atoms with van der Waals surface area (Å²) in [6, 6.07) is 14.9. The maximum atomic E-state index is 11.0. The second-order valence-electron chi connectivity index (χ2n) is 9.11. The highest BCUT2D eigenvalue weighted by atomic mass is 16.3. The molecule has 0 spiro atoms. The van der Waals surface area contributed by atoms with Crippen LogP contribution in [0.4, 0.5) is 0 Å². The predicted octanol–water partition coefficient (Wildman–Crippen LogP) is 6.74. The van der Waals surface area contributed by atoms with Gasteiger partial charge in [0, 0.05) is 13.1 Å². The first-order valence-corrected chi connectivity index (χ1v) is 10.9. The Morgan fingerprint density at radius 2 is 1.64 bits per heavy atom. The first-order chi connectivity index (χ1) is 13.3. The third-order valence-corrected chi connectivity index (χ3v) is 5.61. The average molecular weight is 382 g/mol. The second kappa shape index (κ2) is 10.7. The van der Waals surface area contributed by atoms with Gasteiger partial charge in [0.2, 0.25) is 0 Å². The third kappa shape index (κ3) is 6.67. The van der Waals surface area contributed by atoms with E-state index in [9.17, 15) is 5.11 Å². The van der Waals surface area contributed by atoms with E-state index in [1.807, 2.05) is 6.07 Å². The summed E-state index contributed by atoms with van der Waals surface area (Å²) in [6.45, 7) is 12.7. The van der Waals surface area contributed by atoms with Crippen molar-refractivity contribution in [2.24, 2.45) is 5.92 Å². The van der Waals surface area contributed by atoms with Gasteiger partial charge in [-0.1, -0.05) is 103 Å². The number of hydrogen-bond donors (Lipinski definition) is 2. The highest BCUT2D eigenvalue weighted by Crippen LogP contribution is 2.36. The van der Waals surface area contributed by atoms with Crippen molar-refractivity contribution in [3.8, 4) is 5.75 Å². The molecule has 0 radical (unpaired) electrons. The molecule has 0 aliphatic rings. The van der Waals surface area contributed by atoms with Gasteiger partial charge in [0.15, 0.2) is 0 Å². The number of benzene rings is 2. The van der Waals surface area contributed by atoms with Gasteiger partial charge in [-0.3, -0.25) is 0 Å². The van der Waals surface area contributed by atoms with E-state index in [1.54, 1.807) is 0 Å². The molecule has 2 aromatic rings. The van der Waals surface area contributed by atoms with Crippen molar-refractivity contribution in [3.63, 3.8) is 0 Å². The van der Waals surface area contributed by atoms with Crippen molar-refractivity contribution >= 4 is 0 Å². The molecule has 0 aromatic heterocycles. The summed E-state index contributed by atoms with van der Waals surface area (Å²) < 4.78 is 0. The zero-order valence-corrected chi connectivity index (χ0v) is 18.5. The molecule has 28 heavy (non-hydrogen) atoms. The molecule has 0 saturated carbocycles. The minimum Gasteiger partial charge on any atom is -0.507 e. The fraction of sp³-hybridized carbons (Fsp3) is 0.538. The number of phenols is 1. The fourth-order valence-corrected chi connectivity index (χ4v) is 3.79. The summed E-state index contributed by atoms with van der Waals surface area (Å²) >= 11 is 0. The summed E-state index contributed by atoms with van der Waals surface area (Å²) in [6.07, 6.45) is 5.88. The van der Waals surface area contributed by atoms with Gasteiger partial charge in [0.1, 0.15) is 5.75 Å². The molecule has 2 aromatic carbocycles. The smallest absolute Gasteiger partial charge is 0.122 e. The van der Waals surface area contributed by atoms with Gasteiger partial charge in [-0.2, -0.15) is 0 Å². The van der Waals surface area contributed by atoms with Crippen molar-refractivity contribution in [1.82, 2.24) is 5.32 Å². The standard InChI is InChI=1S/C26H39NO/c1-6-8-12-20(7-2)15-23-16-22(17-24(25(23)28)26(3,4)5)19-27-18-21-13-10-9-11-14-21/h9-11,13-14,16-17,20,27-28H,6-8,12,15,18-19H2,1-5H3. The van der Waals surface area contributed by atoms with Crippen LogP contribution in [0.2, 0.25) is 0 Å². The molecule has 2 rings (SSSR count). The molecular weight excluding hydrogens is 342 g/mol. The topological polar surface area (TPSA) is 32.3 Å². The summed E-state index contributed by atoms with van der Waals surface area (Å²) in [5, 5.41) is 14.6. The molecule has 2 heteroatoms. The quantitative estimate of drug-likeness (QED) is 0.478. The van der Waals surface area contributed by atoms with Gasteiger partial charge in [-0.15, -0.1) is 0 Å². The van der Waals surface area contributed by atoms with Crippen LogP contribution in [0.3, 0.4) is 0 Å². The van der Waals surface area contributed by atoms with Gasteiger partial charge >= 0.3 is 0 Å². The Balaban J connectivity index is 2.19. The number of rotatable bonds is 10. The Morgan fingerprint density at radius 1 is 0.964 bits per heavy atom. The van der Waals surface area contributed by atoms with Crippen LogP contribution in [0, 0.1) is 5.92 Å². The maximum absolute atomic E-state index is 11.0. The normalized spacial score (nSPS) is 12.9. The summed E-state index contributed by atoms with van der Waals surface area (Å²) in [4.78, 5) is 0. The van der Waals surface area contributed by atoms with Crippen LogP contribution in [-0.4, -0.2) is 5.11 Å². The fourth-order valence-electron chi connectivity index (χ4n) is 3.79. The minimum atomic E-state index is -0.0700. The monoisotopic (exact) mass is 381 g/mol. The number of unbranched alkanes of at least 4 members (excludes halogenated alkanes) is 1. The molecule has 1 unspecified atom stereocenters. The molecule has 0 saturated heterocycles. The molecule has 0 heterocycles. The van der Waals surface area contributed by atoms with Crippen molar-refractivity contribution < 1.29 is 5.11 Å². The van der Waals surface area contributed by atoms with Gasteiger partial charge < -0.3 is 10.4 Å². The average Bonchev–Trinajstić information content (AvgIpc) is 2.67. The van der Waals surface area contributed by atoms with Gasteiger partial charge in [0.25, 0.3) is 0 Å². The lowest BCUT2D eigenvalue weighted by atomic mass is 9.82. The Bertz CT molecular complexity index is 715. The molecule has 1 atom stereocenters. The first kappa shape index (κ1) is 22.5. The molecule has 0 fully saturated rings. The van der Waals surface area contributed by atoms with Crippen LogP contribution in [0.15, 0.2) is 42.5 Å². The van der Waals surface area contributed by atoms with Crippen molar-refractivity contribution in [1.29, 1.82) is 0 Å². The number of aromatic hydroxyl groups is 1. The molecule has 0 aliphatic heterocycles. The van der Waals surface area contributed by atoms with Gasteiger partial charge in [-0.05, 0) is 40.0 Å². The van der Waals surface area contributed by atoms with E-state index in [4.69, 9.17) is 0 Å². The van der Waals surface area contributed by atoms with Crippen molar-refractivity contribution in [3.05, 3.63) is 64.7 Å². The van der Waals surface area contributed by atoms with Crippen molar-refractivity contribution in [2.45, 2.75) is 85.2 Å². The number of phenolic OH excluding ortho intramolecular Hbond substituents is 1. The summed E-state index contributed by atoms with van der Waals surface area (Å²) in [5.41, 5.74) is 4.67. The molecule has 0 amide bonds. The van der Waals surface area contributed by atoms with E-state index in [0.29, 0.717) is 11.7 Å². The number of hydrogen-bond acceptors (Lipinski definition) is 2. The zero-order valence-electron chi connectivity index (χ0n) is 18.5. The van der Waals surface area contributed by atoms with E-state index in [2.05, 4.69) is 76.3 Å². The van der Waals surface area contributed by atoms with Crippen LogP contribution < -0.4 is 5.32 Å². The van der Waals surface area contributed by atoms with E-state index in [-0.39, 0.29) is 5.41 Å². The highest BCUT2D eigenvalue weighted by Gasteiger charge is 2.22. The third-order valence-electron chi connectivity index (χ3n) is 5.61. The van der Waals surface area contributed by atoms with E-state index in [0.717, 1.165) is 30.6 Å². The largest absolute Gasteiger partial charge is 0.507 e. The highest BCUT2D eigenvalue weighted by molar-refractivity contribution is 5.47. The van der Waals surface area contributed by atoms with Crippen LogP contribution >= 0.6 is 0 Å². The Kier molecular flexibility index (Phi) is 8.57. The minimum absolute atomic E-state index is 0.0700. The molecule has 2 N–H and O–H groups in total. The SMILES string of the molecule is CCCCC(CC)Cc1cc(CNCc2ccccc2)cc(C(C)(C)C)c1O. The summed E-state index contributed by atoms with van der Waals surface area (Å²) in [7, 11) is 0. The lowest BCUT2D eigenvalue weighted by Crippen LogP contribution is -2.17. The van der Waals surface area contributed by atoms with Crippen molar-refractivity contribution in [2.75, 3.05) is 0 Å². The van der Waals surface area contributed by atoms with Crippen LogP contribution in [0.1, 0.15) is 82.6 Å². The lowest BCUT2D eigenvalue weighted by molar-refractivity contribution is 0.413. The molecule has 154 valence electrons. The molecule has 0 aliphatic carbocycles. The molecule has 0 bridgehead atoms. The van der Waals surface area contributed by atoms with Gasteiger partial charge in [-0.25, -0.2) is 0 Å². The van der Waals surface area contributed by atoms with E-state index < -0.39 is 0 Å². The zero-order chi connectivity index (χ0) is 20.6.